The number of carbonyl (C=O) groups is 2. The number of urea groups is 1. The van der Waals surface area contributed by atoms with Crippen LogP contribution in [0.15, 0.2) is 41.0 Å². The van der Waals surface area contributed by atoms with Gasteiger partial charge in [0.1, 0.15) is 11.4 Å². The number of likely N-dealkylation sites (tertiary alicyclic amines) is 1. The van der Waals surface area contributed by atoms with E-state index in [9.17, 15) is 14.0 Å². The number of carbonyl (C=O) groups excluding carboxylic acids is 2. The van der Waals surface area contributed by atoms with Crippen molar-refractivity contribution >= 4 is 45.2 Å². The third kappa shape index (κ3) is 7.14. The molecule has 2 aliphatic rings. The summed E-state index contributed by atoms with van der Waals surface area (Å²) >= 11 is 5.34. The van der Waals surface area contributed by atoms with Gasteiger partial charge in [0.25, 0.3) is 5.91 Å². The molecule has 2 aliphatic heterocycles. The highest BCUT2D eigenvalue weighted by Crippen LogP contribution is 2.37. The van der Waals surface area contributed by atoms with Gasteiger partial charge >= 0.3 is 6.03 Å². The quantitative estimate of drug-likeness (QED) is 0.218. The van der Waals surface area contributed by atoms with Gasteiger partial charge in [-0.3, -0.25) is 15.0 Å². The van der Waals surface area contributed by atoms with Crippen LogP contribution >= 0.6 is 27.3 Å². The van der Waals surface area contributed by atoms with Crippen molar-refractivity contribution in [1.82, 2.24) is 25.1 Å². The zero-order valence-corrected chi connectivity index (χ0v) is 28.1. The minimum absolute atomic E-state index is 0.156. The van der Waals surface area contributed by atoms with E-state index in [4.69, 9.17) is 10.7 Å². The molecule has 2 atom stereocenters. The zero-order chi connectivity index (χ0) is 31.6. The van der Waals surface area contributed by atoms with Crippen LogP contribution < -0.4 is 16.4 Å². The lowest BCUT2D eigenvalue weighted by Gasteiger charge is -2.31. The predicted octanol–water partition coefficient (Wildman–Crippen LogP) is 5.43. The summed E-state index contributed by atoms with van der Waals surface area (Å²) in [5.74, 6) is 0.317. The van der Waals surface area contributed by atoms with Crippen LogP contribution in [0.25, 0.3) is 10.6 Å². The number of rotatable bonds is 12. The van der Waals surface area contributed by atoms with Crippen LogP contribution in [0, 0.1) is 11.7 Å². The van der Waals surface area contributed by atoms with Crippen molar-refractivity contribution in [2.75, 3.05) is 31.5 Å². The highest BCUT2D eigenvalue weighted by atomic mass is 79.9. The summed E-state index contributed by atoms with van der Waals surface area (Å²) in [7, 11) is 0. The van der Waals surface area contributed by atoms with E-state index >= 15 is 0 Å². The maximum atomic E-state index is 13.6. The van der Waals surface area contributed by atoms with Gasteiger partial charge in [-0.05, 0) is 90.8 Å². The van der Waals surface area contributed by atoms with Gasteiger partial charge in [0.2, 0.25) is 5.95 Å². The molecule has 2 unspecified atom stereocenters. The Balaban J connectivity index is 1.35. The number of amides is 3. The molecule has 4 heterocycles. The second-order valence-corrected chi connectivity index (χ2v) is 14.5. The predicted molar refractivity (Wildman–Crippen MR) is 176 cm³/mol. The highest BCUT2D eigenvalue weighted by molar-refractivity contribution is 9.10. The standard InChI is InChI=1S/C32H41BrFN7O2S/c1-19(2)27(35)24-6-5-13-40(24)14-11-21-17-26(44-25(21)16-20-7-9-22(34)10-8-20)28-23(33)18-37-30(38-28)36-12-15-41-31(43)39-29(42)32(41,3)4/h7-10,17-19,24,27H,5-6,11-16,35H2,1-4H3,(H,36,37,38)(H,39,42,43). The van der Waals surface area contributed by atoms with Gasteiger partial charge in [-0.1, -0.05) is 26.0 Å². The molecule has 2 saturated heterocycles. The second-order valence-electron chi connectivity index (χ2n) is 12.5. The van der Waals surface area contributed by atoms with E-state index in [2.05, 4.69) is 56.4 Å². The number of halogens is 2. The van der Waals surface area contributed by atoms with Gasteiger partial charge in [-0.25, -0.2) is 19.2 Å². The summed E-state index contributed by atoms with van der Waals surface area (Å²) < 4.78 is 14.4. The molecule has 0 radical (unpaired) electrons. The number of hydrogen-bond acceptors (Lipinski definition) is 8. The molecular weight excluding hydrogens is 645 g/mol. The van der Waals surface area contributed by atoms with E-state index in [0.29, 0.717) is 37.4 Å². The van der Waals surface area contributed by atoms with Crippen molar-refractivity contribution in [2.45, 2.75) is 71.0 Å². The second kappa shape index (κ2) is 13.6. The number of imide groups is 1. The molecule has 0 spiro atoms. The lowest BCUT2D eigenvalue weighted by Crippen LogP contribution is -2.47. The molecule has 0 saturated carbocycles. The minimum Gasteiger partial charge on any atom is -0.352 e. The number of aromatic nitrogens is 2. The lowest BCUT2D eigenvalue weighted by atomic mass is 9.95. The van der Waals surface area contributed by atoms with E-state index in [-0.39, 0.29) is 17.8 Å². The maximum Gasteiger partial charge on any atom is 0.325 e. The fraction of sp³-hybridized carbons (Fsp3) is 0.500. The Labute approximate surface area is 270 Å². The van der Waals surface area contributed by atoms with Gasteiger partial charge in [0.15, 0.2) is 0 Å². The van der Waals surface area contributed by atoms with Crippen LogP contribution in [0.5, 0.6) is 0 Å². The molecule has 5 rings (SSSR count). The largest absolute Gasteiger partial charge is 0.352 e. The Hall–Kier alpha value is -2.93. The zero-order valence-electron chi connectivity index (χ0n) is 25.7. The van der Waals surface area contributed by atoms with Crippen molar-refractivity contribution in [3.8, 4) is 10.6 Å². The number of thiophene rings is 1. The minimum atomic E-state index is -0.909. The first-order valence-electron chi connectivity index (χ1n) is 15.2. The van der Waals surface area contributed by atoms with Crippen LogP contribution in [0.1, 0.15) is 56.5 Å². The molecule has 2 fully saturated rings. The molecule has 236 valence electrons. The van der Waals surface area contributed by atoms with E-state index in [1.165, 1.54) is 33.9 Å². The van der Waals surface area contributed by atoms with E-state index in [1.54, 1.807) is 31.4 Å². The first kappa shape index (κ1) is 32.5. The van der Waals surface area contributed by atoms with Crippen LogP contribution in [-0.4, -0.2) is 75.5 Å². The summed E-state index contributed by atoms with van der Waals surface area (Å²) in [6.07, 6.45) is 5.62. The van der Waals surface area contributed by atoms with Crippen molar-refractivity contribution in [2.24, 2.45) is 11.7 Å². The molecule has 44 heavy (non-hydrogen) atoms. The van der Waals surface area contributed by atoms with E-state index < -0.39 is 11.6 Å². The topological polar surface area (TPSA) is 116 Å². The first-order valence-corrected chi connectivity index (χ1v) is 16.8. The summed E-state index contributed by atoms with van der Waals surface area (Å²) in [5, 5.41) is 5.58. The number of hydrogen-bond donors (Lipinski definition) is 3. The van der Waals surface area contributed by atoms with Gasteiger partial charge in [-0.2, -0.15) is 0 Å². The van der Waals surface area contributed by atoms with Crippen LogP contribution in [0.2, 0.25) is 0 Å². The number of nitrogens with zero attached hydrogens (tertiary/aromatic N) is 4. The molecule has 1 aromatic carbocycles. The number of nitrogens with one attached hydrogen (secondary N) is 2. The molecule has 3 aromatic rings. The van der Waals surface area contributed by atoms with Crippen molar-refractivity contribution in [3.05, 3.63) is 62.8 Å². The molecular formula is C32H41BrFN7O2S. The van der Waals surface area contributed by atoms with Crippen molar-refractivity contribution in [3.63, 3.8) is 0 Å². The number of benzene rings is 1. The molecule has 9 nitrogen and oxygen atoms in total. The molecule has 0 bridgehead atoms. The Morgan fingerprint density at radius 2 is 1.98 bits per heavy atom. The number of nitrogens with two attached hydrogens (primary N) is 1. The van der Waals surface area contributed by atoms with Gasteiger partial charge in [0, 0.05) is 49.2 Å². The Bertz CT molecular complexity index is 1500. The Morgan fingerprint density at radius 3 is 2.66 bits per heavy atom. The highest BCUT2D eigenvalue weighted by Gasteiger charge is 2.45. The van der Waals surface area contributed by atoms with Crippen LogP contribution in [-0.2, 0) is 17.6 Å². The van der Waals surface area contributed by atoms with E-state index in [1.807, 2.05) is 12.1 Å². The van der Waals surface area contributed by atoms with Crippen molar-refractivity contribution < 1.29 is 14.0 Å². The Kier molecular flexibility index (Phi) is 10.0. The summed E-state index contributed by atoms with van der Waals surface area (Å²) in [6, 6.07) is 9.07. The smallest absolute Gasteiger partial charge is 0.325 e. The maximum absolute atomic E-state index is 13.6. The SMILES string of the molecule is CC(C)C(N)C1CCCN1CCc1cc(-c2nc(NCCN3C(=O)NC(=O)C3(C)C)ncc2Br)sc1Cc1ccc(F)cc1. The molecule has 2 aromatic heterocycles. The normalized spacial score (nSPS) is 19.2. The number of anilines is 1. The third-order valence-electron chi connectivity index (χ3n) is 8.76. The average Bonchev–Trinajstić information content (AvgIpc) is 3.66. The van der Waals surface area contributed by atoms with Gasteiger partial charge in [-0.15, -0.1) is 11.3 Å². The fourth-order valence-electron chi connectivity index (χ4n) is 5.99. The summed E-state index contributed by atoms with van der Waals surface area (Å²) in [6.45, 7) is 10.5. The monoisotopic (exact) mass is 685 g/mol. The summed E-state index contributed by atoms with van der Waals surface area (Å²) in [5.41, 5.74) is 8.77. The van der Waals surface area contributed by atoms with E-state index in [0.717, 1.165) is 46.5 Å². The van der Waals surface area contributed by atoms with Crippen LogP contribution in [0.4, 0.5) is 15.1 Å². The Morgan fingerprint density at radius 1 is 1.23 bits per heavy atom. The molecule has 12 heteroatoms. The lowest BCUT2D eigenvalue weighted by molar-refractivity contribution is -0.125. The third-order valence-corrected chi connectivity index (χ3v) is 10.5. The van der Waals surface area contributed by atoms with Gasteiger partial charge < -0.3 is 16.0 Å². The molecule has 3 amide bonds. The fourth-order valence-corrected chi connectivity index (χ4v) is 7.77. The van der Waals surface area contributed by atoms with Crippen LogP contribution in [0.3, 0.4) is 0 Å². The summed E-state index contributed by atoms with van der Waals surface area (Å²) in [4.78, 5) is 39.9. The van der Waals surface area contributed by atoms with Crippen molar-refractivity contribution in [1.29, 1.82) is 0 Å². The average molecular weight is 687 g/mol. The van der Waals surface area contributed by atoms with Gasteiger partial charge in [0.05, 0.1) is 15.0 Å². The first-order chi connectivity index (χ1) is 20.9. The molecule has 4 N–H and O–H groups in total. The molecule has 0 aliphatic carbocycles.